The van der Waals surface area contributed by atoms with Crippen LogP contribution < -0.4 is 5.73 Å². The molecule has 19 heavy (non-hydrogen) atoms. The van der Waals surface area contributed by atoms with E-state index < -0.39 is 0 Å². The number of nitrogens with zero attached hydrogens (tertiary/aromatic N) is 1. The van der Waals surface area contributed by atoms with Crippen LogP contribution in [0.1, 0.15) is 51.9 Å². The second-order valence-corrected chi connectivity index (χ2v) is 7.07. The molecule has 1 saturated carbocycles. The Bertz CT molecular complexity index is 297. The SMILES string of the molecule is CC(CN)(C1CCOC1)N1CCCC1C1CCCC1. The average Bonchev–Trinajstić information content (AvgIpc) is 3.16. The van der Waals surface area contributed by atoms with E-state index in [4.69, 9.17) is 10.5 Å². The highest BCUT2D eigenvalue weighted by atomic mass is 16.5. The number of hydrogen-bond acceptors (Lipinski definition) is 3. The lowest BCUT2D eigenvalue weighted by atomic mass is 9.81. The number of ether oxygens (including phenoxy) is 1. The van der Waals surface area contributed by atoms with E-state index in [0.717, 1.165) is 31.7 Å². The van der Waals surface area contributed by atoms with Gasteiger partial charge in [-0.15, -0.1) is 0 Å². The Labute approximate surface area is 117 Å². The Kier molecular flexibility index (Phi) is 4.16. The summed E-state index contributed by atoms with van der Waals surface area (Å²) in [6.45, 7) is 6.29. The molecule has 1 aliphatic carbocycles. The van der Waals surface area contributed by atoms with Crippen LogP contribution in [0.25, 0.3) is 0 Å². The highest BCUT2D eigenvalue weighted by Gasteiger charge is 2.46. The van der Waals surface area contributed by atoms with Crippen molar-refractivity contribution in [3.8, 4) is 0 Å². The first kappa shape index (κ1) is 13.8. The maximum Gasteiger partial charge on any atom is 0.0513 e. The predicted molar refractivity (Wildman–Crippen MR) is 78.1 cm³/mol. The molecule has 3 atom stereocenters. The summed E-state index contributed by atoms with van der Waals surface area (Å²) < 4.78 is 5.64. The topological polar surface area (TPSA) is 38.5 Å². The van der Waals surface area contributed by atoms with Gasteiger partial charge in [0.05, 0.1) is 6.61 Å². The zero-order chi connectivity index (χ0) is 13.3. The van der Waals surface area contributed by atoms with Crippen LogP contribution in [-0.4, -0.2) is 42.8 Å². The van der Waals surface area contributed by atoms with Gasteiger partial charge in [0.2, 0.25) is 0 Å². The van der Waals surface area contributed by atoms with E-state index >= 15 is 0 Å². The van der Waals surface area contributed by atoms with Crippen molar-refractivity contribution in [2.24, 2.45) is 17.6 Å². The predicted octanol–water partition coefficient (Wildman–Crippen LogP) is 2.39. The van der Waals surface area contributed by atoms with Gasteiger partial charge < -0.3 is 10.5 Å². The van der Waals surface area contributed by atoms with Crippen LogP contribution in [0.2, 0.25) is 0 Å². The molecule has 3 heteroatoms. The lowest BCUT2D eigenvalue weighted by molar-refractivity contribution is 0.0168. The summed E-state index contributed by atoms with van der Waals surface area (Å²) in [6.07, 6.45) is 9.74. The van der Waals surface area contributed by atoms with Crippen molar-refractivity contribution in [3.05, 3.63) is 0 Å². The van der Waals surface area contributed by atoms with E-state index in [1.807, 2.05) is 0 Å². The maximum atomic E-state index is 6.23. The van der Waals surface area contributed by atoms with Gasteiger partial charge in [0.25, 0.3) is 0 Å². The summed E-state index contributed by atoms with van der Waals surface area (Å²) in [5, 5.41) is 0. The highest BCUT2D eigenvalue weighted by Crippen LogP contribution is 2.42. The van der Waals surface area contributed by atoms with Crippen LogP contribution in [0.15, 0.2) is 0 Å². The first-order valence-corrected chi connectivity index (χ1v) is 8.30. The Balaban J connectivity index is 1.76. The van der Waals surface area contributed by atoms with E-state index in [9.17, 15) is 0 Å². The molecule has 0 aromatic heterocycles. The van der Waals surface area contributed by atoms with Gasteiger partial charge in [0.15, 0.2) is 0 Å². The van der Waals surface area contributed by atoms with Gasteiger partial charge in [0.1, 0.15) is 0 Å². The zero-order valence-corrected chi connectivity index (χ0v) is 12.4. The van der Waals surface area contributed by atoms with E-state index in [1.165, 1.54) is 51.5 Å². The summed E-state index contributed by atoms with van der Waals surface area (Å²) in [5.74, 6) is 1.58. The molecule has 0 aromatic carbocycles. The van der Waals surface area contributed by atoms with Crippen LogP contribution in [0, 0.1) is 11.8 Å². The number of likely N-dealkylation sites (tertiary alicyclic amines) is 1. The van der Waals surface area contributed by atoms with Crippen LogP contribution in [0.5, 0.6) is 0 Å². The summed E-state index contributed by atoms with van der Waals surface area (Å²) in [7, 11) is 0. The second-order valence-electron chi connectivity index (χ2n) is 7.07. The second kappa shape index (κ2) is 5.71. The smallest absolute Gasteiger partial charge is 0.0513 e. The maximum absolute atomic E-state index is 6.23. The normalized spacial score (nSPS) is 36.9. The molecule has 0 spiro atoms. The first-order chi connectivity index (χ1) is 9.25. The quantitative estimate of drug-likeness (QED) is 0.849. The van der Waals surface area contributed by atoms with Crippen molar-refractivity contribution in [1.82, 2.24) is 4.90 Å². The minimum atomic E-state index is 0.167. The van der Waals surface area contributed by atoms with Gasteiger partial charge in [-0.3, -0.25) is 4.90 Å². The lowest BCUT2D eigenvalue weighted by Gasteiger charge is -2.47. The highest BCUT2D eigenvalue weighted by molar-refractivity contribution is 5.02. The van der Waals surface area contributed by atoms with E-state index in [0.29, 0.717) is 5.92 Å². The minimum Gasteiger partial charge on any atom is -0.381 e. The van der Waals surface area contributed by atoms with E-state index in [1.54, 1.807) is 0 Å². The van der Waals surface area contributed by atoms with Crippen LogP contribution in [0.4, 0.5) is 0 Å². The molecule has 2 aliphatic heterocycles. The number of nitrogens with two attached hydrogens (primary N) is 1. The van der Waals surface area contributed by atoms with E-state index in [2.05, 4.69) is 11.8 Å². The monoisotopic (exact) mass is 266 g/mol. The largest absolute Gasteiger partial charge is 0.381 e. The molecule has 2 N–H and O–H groups in total. The van der Waals surface area contributed by atoms with Gasteiger partial charge in [-0.1, -0.05) is 12.8 Å². The molecule has 2 saturated heterocycles. The van der Waals surface area contributed by atoms with Crippen molar-refractivity contribution in [1.29, 1.82) is 0 Å². The van der Waals surface area contributed by atoms with Gasteiger partial charge in [-0.25, -0.2) is 0 Å². The fourth-order valence-corrected chi connectivity index (χ4v) is 4.80. The Hall–Kier alpha value is -0.120. The fourth-order valence-electron chi connectivity index (χ4n) is 4.80. The molecule has 3 nitrogen and oxygen atoms in total. The van der Waals surface area contributed by atoms with Crippen LogP contribution in [-0.2, 0) is 4.74 Å². The molecular weight excluding hydrogens is 236 g/mol. The van der Waals surface area contributed by atoms with Gasteiger partial charge >= 0.3 is 0 Å². The Morgan fingerprint density at radius 1 is 1.16 bits per heavy atom. The summed E-state index contributed by atoms with van der Waals surface area (Å²) in [5.41, 5.74) is 6.40. The standard InChI is InChI=1S/C16H30N2O/c1-16(12-17,14-8-10-19-11-14)18-9-4-7-15(18)13-5-2-3-6-13/h13-15H,2-12,17H2,1H3. The van der Waals surface area contributed by atoms with Crippen LogP contribution >= 0.6 is 0 Å². The summed E-state index contributed by atoms with van der Waals surface area (Å²) in [4.78, 5) is 2.79. The summed E-state index contributed by atoms with van der Waals surface area (Å²) >= 11 is 0. The van der Waals surface area contributed by atoms with Gasteiger partial charge in [-0.2, -0.15) is 0 Å². The van der Waals surface area contributed by atoms with Crippen molar-refractivity contribution >= 4 is 0 Å². The van der Waals surface area contributed by atoms with Gasteiger partial charge in [-0.05, 0) is 51.5 Å². The minimum absolute atomic E-state index is 0.167. The third-order valence-electron chi connectivity index (χ3n) is 6.12. The Morgan fingerprint density at radius 3 is 2.58 bits per heavy atom. The molecule has 0 amide bonds. The number of hydrogen-bond donors (Lipinski definition) is 1. The molecular formula is C16H30N2O. The van der Waals surface area contributed by atoms with Crippen molar-refractivity contribution in [3.63, 3.8) is 0 Å². The number of rotatable bonds is 4. The molecule has 0 bridgehead atoms. The van der Waals surface area contributed by atoms with Gasteiger partial charge in [0, 0.05) is 30.7 Å². The molecule has 3 fully saturated rings. The molecule has 0 aromatic rings. The summed E-state index contributed by atoms with van der Waals surface area (Å²) in [6, 6.07) is 0.802. The molecule has 3 aliphatic rings. The molecule has 2 heterocycles. The third-order valence-corrected chi connectivity index (χ3v) is 6.12. The molecule has 110 valence electrons. The van der Waals surface area contributed by atoms with E-state index in [-0.39, 0.29) is 5.54 Å². The van der Waals surface area contributed by atoms with Crippen molar-refractivity contribution in [2.75, 3.05) is 26.3 Å². The van der Waals surface area contributed by atoms with Crippen LogP contribution in [0.3, 0.4) is 0 Å². The molecule has 3 rings (SSSR count). The average molecular weight is 266 g/mol. The fraction of sp³-hybridized carbons (Fsp3) is 1.00. The molecule has 3 unspecified atom stereocenters. The third kappa shape index (κ3) is 2.45. The lowest BCUT2D eigenvalue weighted by Crippen LogP contribution is -2.59. The Morgan fingerprint density at radius 2 is 1.95 bits per heavy atom. The zero-order valence-electron chi connectivity index (χ0n) is 12.4. The van der Waals surface area contributed by atoms with Crippen molar-refractivity contribution < 1.29 is 4.74 Å². The first-order valence-electron chi connectivity index (χ1n) is 8.30. The van der Waals surface area contributed by atoms with Crippen molar-refractivity contribution in [2.45, 2.75) is 63.5 Å². The molecule has 0 radical (unpaired) electrons.